The molecule has 2 N–H and O–H groups in total. The fourth-order valence-electron chi connectivity index (χ4n) is 3.79. The fourth-order valence-corrected chi connectivity index (χ4v) is 4.63. The van der Waals surface area contributed by atoms with E-state index < -0.39 is 0 Å². The maximum atomic E-state index is 11.9. The minimum absolute atomic E-state index is 0. The van der Waals surface area contributed by atoms with Crippen molar-refractivity contribution in [2.75, 3.05) is 20.6 Å². The van der Waals surface area contributed by atoms with Gasteiger partial charge in [0.05, 0.1) is 6.54 Å². The number of likely N-dealkylation sites (N-methyl/N-ethyl adjacent to an activating group) is 1. The molecule has 0 spiro atoms. The number of hydrogen-bond donors (Lipinski definition) is 2. The molecular formula is C18H29IN4OS. The smallest absolute Gasteiger partial charge is 0.243 e. The van der Waals surface area contributed by atoms with E-state index in [0.29, 0.717) is 6.04 Å². The van der Waals surface area contributed by atoms with Gasteiger partial charge >= 0.3 is 0 Å². The number of hydrogen-bond acceptors (Lipinski definition) is 3. The third kappa shape index (κ3) is 5.32. The van der Waals surface area contributed by atoms with Crippen LogP contribution in [0.5, 0.6) is 0 Å². The van der Waals surface area contributed by atoms with Crippen LogP contribution in [0.15, 0.2) is 16.4 Å². The average Bonchev–Trinajstić information content (AvgIpc) is 3.26. The largest absolute Gasteiger partial charge is 0.353 e. The van der Waals surface area contributed by atoms with Crippen molar-refractivity contribution in [2.24, 2.45) is 16.8 Å². The number of amides is 1. The van der Waals surface area contributed by atoms with Crippen LogP contribution in [0, 0.1) is 18.8 Å². The standard InChI is InChI=1S/C18H28N4OS.HI/c1-12-6-7-24-16(12)10-19-18(20-11-17(23)22(2)3)21-15-9-13-4-5-14(15)8-13;/h6-7,13-15H,4-5,8-11H2,1-3H3,(H2,19,20,21);1H. The van der Waals surface area contributed by atoms with Crippen LogP contribution in [-0.2, 0) is 11.3 Å². The molecule has 0 radical (unpaired) electrons. The van der Waals surface area contributed by atoms with Crippen LogP contribution in [0.1, 0.15) is 36.1 Å². The number of thiophene rings is 1. The third-order valence-corrected chi connectivity index (χ3v) is 6.34. The van der Waals surface area contributed by atoms with E-state index in [0.717, 1.165) is 24.3 Å². The van der Waals surface area contributed by atoms with Crippen LogP contribution in [0.3, 0.4) is 0 Å². The van der Waals surface area contributed by atoms with Gasteiger partial charge in [-0.2, -0.15) is 0 Å². The first kappa shape index (κ1) is 20.5. The van der Waals surface area contributed by atoms with E-state index >= 15 is 0 Å². The van der Waals surface area contributed by atoms with Crippen molar-refractivity contribution in [1.29, 1.82) is 0 Å². The van der Waals surface area contributed by atoms with Gasteiger partial charge < -0.3 is 15.5 Å². The molecule has 1 heterocycles. The maximum Gasteiger partial charge on any atom is 0.243 e. The lowest BCUT2D eigenvalue weighted by Crippen LogP contribution is -2.45. The molecule has 2 bridgehead atoms. The Hall–Kier alpha value is -0.830. The van der Waals surface area contributed by atoms with Crippen LogP contribution >= 0.6 is 35.3 Å². The Bertz CT molecular complexity index is 616. The van der Waals surface area contributed by atoms with Gasteiger partial charge in [0.15, 0.2) is 5.96 Å². The second kappa shape index (κ2) is 9.21. The molecule has 1 aromatic heterocycles. The molecule has 3 atom stereocenters. The monoisotopic (exact) mass is 476 g/mol. The number of aryl methyl sites for hydroxylation is 1. The molecule has 1 amide bonds. The molecule has 2 aliphatic carbocycles. The van der Waals surface area contributed by atoms with Crippen molar-refractivity contribution in [1.82, 2.24) is 15.5 Å². The zero-order valence-corrected chi connectivity index (χ0v) is 18.4. The van der Waals surface area contributed by atoms with Crippen molar-refractivity contribution in [3.63, 3.8) is 0 Å². The SMILES string of the molecule is Cc1ccsc1CNC(=NCC(=O)N(C)C)NC1CC2CCC1C2.I. The Balaban J connectivity index is 0.00000225. The van der Waals surface area contributed by atoms with Gasteiger partial charge in [-0.25, -0.2) is 4.99 Å². The van der Waals surface area contributed by atoms with Gasteiger partial charge in [-0.15, -0.1) is 35.3 Å². The van der Waals surface area contributed by atoms with E-state index in [1.165, 1.54) is 36.1 Å². The van der Waals surface area contributed by atoms with Crippen molar-refractivity contribution >= 4 is 47.2 Å². The number of nitrogens with zero attached hydrogens (tertiary/aromatic N) is 2. The molecule has 25 heavy (non-hydrogen) atoms. The summed E-state index contributed by atoms with van der Waals surface area (Å²) in [4.78, 5) is 19.3. The Kier molecular flexibility index (Phi) is 7.54. The first-order chi connectivity index (χ1) is 11.5. The van der Waals surface area contributed by atoms with Gasteiger partial charge in [0.2, 0.25) is 5.91 Å². The van der Waals surface area contributed by atoms with Gasteiger partial charge in [-0.3, -0.25) is 4.79 Å². The Morgan fingerprint density at radius 2 is 2.16 bits per heavy atom. The first-order valence-corrected chi connectivity index (χ1v) is 9.69. The highest BCUT2D eigenvalue weighted by atomic mass is 127. The highest BCUT2D eigenvalue weighted by molar-refractivity contribution is 14.0. The van der Waals surface area contributed by atoms with E-state index in [4.69, 9.17) is 0 Å². The summed E-state index contributed by atoms with van der Waals surface area (Å²) in [5, 5.41) is 9.13. The highest BCUT2D eigenvalue weighted by Gasteiger charge is 2.39. The van der Waals surface area contributed by atoms with Crippen molar-refractivity contribution in [3.8, 4) is 0 Å². The second-order valence-electron chi connectivity index (χ2n) is 7.26. The Labute approximate surface area is 171 Å². The molecule has 2 fully saturated rings. The second-order valence-corrected chi connectivity index (χ2v) is 8.26. The lowest BCUT2D eigenvalue weighted by Gasteiger charge is -2.25. The van der Waals surface area contributed by atoms with E-state index in [2.05, 4.69) is 34.0 Å². The van der Waals surface area contributed by atoms with Crippen LogP contribution in [0.4, 0.5) is 0 Å². The zero-order valence-electron chi connectivity index (χ0n) is 15.2. The summed E-state index contributed by atoms with van der Waals surface area (Å²) in [7, 11) is 3.53. The summed E-state index contributed by atoms with van der Waals surface area (Å²) >= 11 is 1.76. The van der Waals surface area contributed by atoms with Gasteiger partial charge in [0.1, 0.15) is 6.54 Å². The summed E-state index contributed by atoms with van der Waals surface area (Å²) in [5.41, 5.74) is 1.30. The number of guanidine groups is 1. The molecule has 2 saturated carbocycles. The van der Waals surface area contributed by atoms with Crippen LogP contribution in [0.2, 0.25) is 0 Å². The minimum Gasteiger partial charge on any atom is -0.353 e. The van der Waals surface area contributed by atoms with Crippen molar-refractivity contribution in [2.45, 2.75) is 45.2 Å². The molecule has 1 aromatic rings. The maximum absolute atomic E-state index is 11.9. The summed E-state index contributed by atoms with van der Waals surface area (Å²) < 4.78 is 0. The normalized spacial score (nSPS) is 24.8. The van der Waals surface area contributed by atoms with Gasteiger partial charge in [-0.1, -0.05) is 6.42 Å². The molecule has 3 unspecified atom stereocenters. The topological polar surface area (TPSA) is 56.7 Å². The van der Waals surface area contributed by atoms with Crippen LogP contribution in [-0.4, -0.2) is 43.4 Å². The quantitative estimate of drug-likeness (QED) is 0.391. The lowest BCUT2D eigenvalue weighted by molar-refractivity contribution is -0.127. The van der Waals surface area contributed by atoms with E-state index in [1.54, 1.807) is 30.3 Å². The summed E-state index contributed by atoms with van der Waals surface area (Å²) in [6.07, 6.45) is 5.31. The zero-order chi connectivity index (χ0) is 17.1. The van der Waals surface area contributed by atoms with E-state index in [1.807, 2.05) is 0 Å². The number of carbonyl (C=O) groups excluding carboxylic acids is 1. The number of rotatable bonds is 5. The Morgan fingerprint density at radius 3 is 2.72 bits per heavy atom. The molecule has 0 aliphatic heterocycles. The molecule has 0 aromatic carbocycles. The van der Waals surface area contributed by atoms with E-state index in [-0.39, 0.29) is 36.4 Å². The first-order valence-electron chi connectivity index (χ1n) is 8.81. The number of nitrogens with one attached hydrogen (secondary N) is 2. The minimum atomic E-state index is 0. The van der Waals surface area contributed by atoms with Gasteiger partial charge in [0, 0.05) is 25.0 Å². The highest BCUT2D eigenvalue weighted by Crippen LogP contribution is 2.44. The summed E-state index contributed by atoms with van der Waals surface area (Å²) in [6, 6.07) is 2.64. The number of halogens is 1. The molecule has 2 aliphatic rings. The van der Waals surface area contributed by atoms with E-state index in [9.17, 15) is 4.79 Å². The number of fused-ring (bicyclic) bond motifs is 2. The molecule has 3 rings (SSSR count). The molecular weight excluding hydrogens is 447 g/mol. The van der Waals surface area contributed by atoms with Crippen LogP contribution in [0.25, 0.3) is 0 Å². The van der Waals surface area contributed by atoms with Gasteiger partial charge in [0.25, 0.3) is 0 Å². The van der Waals surface area contributed by atoms with Crippen LogP contribution < -0.4 is 10.6 Å². The fraction of sp³-hybridized carbons (Fsp3) is 0.667. The molecule has 7 heteroatoms. The molecule has 5 nitrogen and oxygen atoms in total. The molecule has 0 saturated heterocycles. The third-order valence-electron chi connectivity index (χ3n) is 5.32. The van der Waals surface area contributed by atoms with Crippen molar-refractivity contribution < 1.29 is 4.79 Å². The summed E-state index contributed by atoms with van der Waals surface area (Å²) in [5.74, 6) is 2.46. The Morgan fingerprint density at radius 1 is 1.36 bits per heavy atom. The summed E-state index contributed by atoms with van der Waals surface area (Å²) in [6.45, 7) is 3.07. The predicted octanol–water partition coefficient (Wildman–Crippen LogP) is 2.99. The van der Waals surface area contributed by atoms with Crippen molar-refractivity contribution in [3.05, 3.63) is 21.9 Å². The van der Waals surface area contributed by atoms with Gasteiger partial charge in [-0.05, 0) is 55.0 Å². The molecule has 140 valence electrons. The number of aliphatic imine (C=N–C) groups is 1. The predicted molar refractivity (Wildman–Crippen MR) is 115 cm³/mol. The lowest BCUT2D eigenvalue weighted by atomic mass is 9.95. The number of carbonyl (C=O) groups is 1. The average molecular weight is 476 g/mol.